The van der Waals surface area contributed by atoms with Crippen molar-refractivity contribution in [2.75, 3.05) is 137 Å². The molecule has 13 aliphatic heterocycles. The number of nitrogens with two attached hydrogens (primary N) is 1. The molecule has 20 amide bonds. The normalized spacial score (nSPS) is 29.6. The summed E-state index contributed by atoms with van der Waals surface area (Å²) in [6, 6.07) is -15.8. The second-order valence-electron chi connectivity index (χ2n) is 37.3. The summed E-state index contributed by atoms with van der Waals surface area (Å²) in [5, 5.41) is 96.2. The summed E-state index contributed by atoms with van der Waals surface area (Å²) in [5.41, 5.74) is 5.81. The fourth-order valence-electron chi connectivity index (χ4n) is 21.5. The van der Waals surface area contributed by atoms with Gasteiger partial charge in [0.15, 0.2) is 0 Å². The van der Waals surface area contributed by atoms with Crippen molar-refractivity contribution in [3.05, 3.63) is 0 Å². The zero-order valence-corrected chi connectivity index (χ0v) is 75.3. The highest BCUT2D eigenvalue weighted by Gasteiger charge is 2.53. The van der Waals surface area contributed by atoms with Crippen LogP contribution in [0, 0.1) is 0 Å². The van der Waals surface area contributed by atoms with E-state index in [-0.39, 0.29) is 174 Å². The number of carboxylic acids is 1. The molecule has 0 spiro atoms. The van der Waals surface area contributed by atoms with Crippen molar-refractivity contribution in [1.29, 1.82) is 0 Å². The molecule has 18 N–H and O–H groups in total. The Morgan fingerprint density at radius 3 is 0.785 bits per heavy atom. The molecule has 0 aliphatic carbocycles. The van der Waals surface area contributed by atoms with Crippen LogP contribution in [0.3, 0.4) is 0 Å². The number of hydrogen-bond donors (Lipinski definition) is 17. The number of nitrogens with one attached hydrogen (secondary N) is 9. The van der Waals surface area contributed by atoms with Gasteiger partial charge in [0.05, 0.1) is 81.9 Å². The second-order valence-corrected chi connectivity index (χ2v) is 37.3. The fourth-order valence-corrected chi connectivity index (χ4v) is 21.5. The van der Waals surface area contributed by atoms with Gasteiger partial charge in [-0.05, 0) is 122 Å². The zero-order chi connectivity index (χ0) is 97.1. The van der Waals surface area contributed by atoms with Gasteiger partial charge in [-0.2, -0.15) is 0 Å². The van der Waals surface area contributed by atoms with Gasteiger partial charge < -0.3 is 148 Å². The number of aliphatic hydroxyl groups excluding tert-OH is 6. The van der Waals surface area contributed by atoms with Gasteiger partial charge in [-0.15, -0.1) is 0 Å². The topological polar surface area (TPSA) is 673 Å². The predicted octanol–water partition coefficient (Wildman–Crippen LogP) is -13.0. The summed E-state index contributed by atoms with van der Waals surface area (Å²) in [6.45, 7) is -4.95. The third-order valence-corrected chi connectivity index (χ3v) is 28.2. The number of hydrogen-bond acceptors (Lipinski definition) is 29. The summed E-state index contributed by atoms with van der Waals surface area (Å²) >= 11 is 0. The summed E-state index contributed by atoms with van der Waals surface area (Å²) in [5.74, 6) is -15.3. The van der Waals surface area contributed by atoms with E-state index < -0.39 is 285 Å². The number of aliphatic hydroxyl groups is 6. The first kappa shape index (κ1) is 101. The first-order valence-electron chi connectivity index (χ1n) is 47.1. The van der Waals surface area contributed by atoms with Crippen LogP contribution in [0.25, 0.3) is 0 Å². The minimum Gasteiger partial charge on any atom is -0.480 e. The van der Waals surface area contributed by atoms with Gasteiger partial charge in [0, 0.05) is 117 Å². The smallest absolute Gasteiger partial charge is 0.322 e. The van der Waals surface area contributed by atoms with Crippen LogP contribution in [-0.4, -0.2) is 477 Å². The van der Waals surface area contributed by atoms with E-state index in [2.05, 4.69) is 47.9 Å². The van der Waals surface area contributed by atoms with Gasteiger partial charge in [-0.25, -0.2) is 0 Å². The van der Waals surface area contributed by atoms with Crippen molar-refractivity contribution in [3.63, 3.8) is 0 Å². The molecular weight excluding hydrogens is 1780 g/mol. The number of carbonyl (C=O) groups is 21. The van der Waals surface area contributed by atoms with Gasteiger partial charge in [0.2, 0.25) is 118 Å². The summed E-state index contributed by atoms with van der Waals surface area (Å²) in [4.78, 5) is 304. The van der Waals surface area contributed by atoms with E-state index in [1.165, 1.54) is 34.3 Å². The lowest BCUT2D eigenvalue weighted by molar-refractivity contribution is -0.148. The monoisotopic (exact) mass is 1900 g/mol. The molecule has 13 rings (SSSR count). The highest BCUT2D eigenvalue weighted by atomic mass is 16.4. The van der Waals surface area contributed by atoms with E-state index in [1.54, 1.807) is 0 Å². The van der Waals surface area contributed by atoms with Gasteiger partial charge in [0.1, 0.15) is 85.1 Å². The number of rotatable bonds is 33. The van der Waals surface area contributed by atoms with Gasteiger partial charge >= 0.3 is 5.97 Å². The van der Waals surface area contributed by atoms with Crippen molar-refractivity contribution < 1.29 is 136 Å². The molecule has 0 radical (unpaired) electrons. The van der Waals surface area contributed by atoms with E-state index >= 15 is 0 Å². The number of β-amino-alcohol motifs (C(OH)–C–C–N with tert-alkyl or cyclic N) is 6. The molecule has 135 heavy (non-hydrogen) atoms. The third kappa shape index (κ3) is 23.5. The van der Waals surface area contributed by atoms with Gasteiger partial charge in [-0.3, -0.25) is 101 Å². The SMILES string of the molecule is NCCCC[C@H](NC(=O)CNC(=O)[C@@H]1CCCN1C(=O)[C@@H]1C[C@@H](O)CN1C(=O)CNC(=O)[C@@H]1CCCN1C(=O)[C@@H]1C[C@@H](O)CN1C(=O)CNC(=O)[C@@H]1CCCN1C(=O)[C@@H]1C[C@@H](O)CN1C(=O)CNC(=O)[C@@H]1CCCN1C(=O)[C@@H]1C[C@@H](O)CN1)C(=O)N1CCC[C@H]1C(=O)NCC(=O)N1C[C@H](O)C[C@H]1C(=O)N1CCC[C@H]1C(=O)NCC(=O)N1C[C@H](O)C[C@H]1C(=O)N1CCC[C@H]1C(=O)NCC(=O)O. The number of likely N-dealkylation sites (tertiary alicyclic amines) is 12. The van der Waals surface area contributed by atoms with Crippen LogP contribution in [0.1, 0.15) is 148 Å². The minimum absolute atomic E-state index is 0.0344. The summed E-state index contributed by atoms with van der Waals surface area (Å²) in [7, 11) is 0. The molecule has 50 heteroatoms. The Morgan fingerprint density at radius 2 is 0.533 bits per heavy atom. The third-order valence-electron chi connectivity index (χ3n) is 28.2. The molecule has 13 aliphatic rings. The average Bonchev–Trinajstić information content (AvgIpc) is 1.66. The van der Waals surface area contributed by atoms with Crippen LogP contribution in [0.2, 0.25) is 0 Å². The molecule has 13 saturated heterocycles. The lowest BCUT2D eigenvalue weighted by Crippen LogP contribution is -2.57. The number of carbonyl (C=O) groups excluding carboxylic acids is 20. The first-order valence-corrected chi connectivity index (χ1v) is 47.1. The molecule has 0 bridgehead atoms. The van der Waals surface area contributed by atoms with Gasteiger partial charge in [-0.1, -0.05) is 0 Å². The van der Waals surface area contributed by atoms with Crippen LogP contribution in [0.15, 0.2) is 0 Å². The van der Waals surface area contributed by atoms with Crippen molar-refractivity contribution >= 4 is 124 Å². The second kappa shape index (κ2) is 45.0. The quantitative estimate of drug-likeness (QED) is 0.0271. The Bertz CT molecular complexity index is 4550. The zero-order valence-electron chi connectivity index (χ0n) is 75.3. The largest absolute Gasteiger partial charge is 0.480 e. The van der Waals surface area contributed by atoms with Crippen molar-refractivity contribution in [3.8, 4) is 0 Å². The Morgan fingerprint density at radius 1 is 0.289 bits per heavy atom. The summed E-state index contributed by atoms with van der Waals surface area (Å²) in [6.07, 6.45) is -2.67. The Kier molecular flexibility index (Phi) is 33.7. The number of carboxylic acid groups (broad SMARTS) is 1. The van der Waals surface area contributed by atoms with Crippen LogP contribution in [0.5, 0.6) is 0 Å². The van der Waals surface area contributed by atoms with E-state index in [1.807, 2.05) is 0 Å². The molecule has 0 aromatic carbocycles. The van der Waals surface area contributed by atoms with Gasteiger partial charge in [0.25, 0.3) is 0 Å². The van der Waals surface area contributed by atoms with E-state index in [4.69, 9.17) is 10.8 Å². The van der Waals surface area contributed by atoms with E-state index in [9.17, 15) is 131 Å². The highest BCUT2D eigenvalue weighted by molar-refractivity contribution is 6.02. The molecule has 13 heterocycles. The maximum absolute atomic E-state index is 14.5. The van der Waals surface area contributed by atoms with E-state index in [0.29, 0.717) is 70.8 Å². The van der Waals surface area contributed by atoms with Crippen molar-refractivity contribution in [1.82, 2.24) is 107 Å². The molecule has 20 atom stereocenters. The lowest BCUT2D eigenvalue weighted by Gasteiger charge is -2.32. The first-order chi connectivity index (χ1) is 64.5. The minimum atomic E-state index is -1.32. The molecule has 0 aromatic heterocycles. The van der Waals surface area contributed by atoms with E-state index in [0.717, 1.165) is 24.5 Å². The molecule has 13 fully saturated rings. The highest BCUT2D eigenvalue weighted by Crippen LogP contribution is 2.34. The molecule has 0 aromatic rings. The fraction of sp³-hybridized carbons (Fsp3) is 0.753. The van der Waals surface area contributed by atoms with Crippen LogP contribution in [-0.2, 0) is 101 Å². The number of unbranched alkanes of at least 4 members (excludes halogenated alkanes) is 1. The Hall–Kier alpha value is -11.4. The molecule has 50 nitrogen and oxygen atoms in total. The van der Waals surface area contributed by atoms with Crippen LogP contribution < -0.4 is 53.6 Å². The maximum atomic E-state index is 14.5. The van der Waals surface area contributed by atoms with Crippen molar-refractivity contribution in [2.24, 2.45) is 5.73 Å². The lowest BCUT2D eigenvalue weighted by atomic mass is 10.1. The average molecular weight is 1900 g/mol. The number of amides is 20. The Labute approximate surface area is 776 Å². The molecule has 0 unspecified atom stereocenters. The summed E-state index contributed by atoms with van der Waals surface area (Å²) < 4.78 is 0. The van der Waals surface area contributed by atoms with Crippen LogP contribution >= 0.6 is 0 Å². The number of nitrogens with zero attached hydrogens (tertiary/aromatic N) is 12. The molecular formula is C85H126N22O28. The molecule has 744 valence electrons. The van der Waals surface area contributed by atoms with Crippen molar-refractivity contribution in [2.45, 2.75) is 269 Å². The molecule has 0 saturated carbocycles. The number of aliphatic carboxylic acids is 1. The van der Waals surface area contributed by atoms with Crippen LogP contribution in [0.4, 0.5) is 0 Å². The standard InChI is InChI=1S/C85H126N22O28/c86-18-2-1-10-51(79(129)96-19-3-11-53(96)73(123)89-34-66(115)104-41-47(110)28-61(104)82(132)99-22-6-15-57(99)77(127)93-38-70(119)107-44-50(113)31-64(107)85(135)102-25-9-17-59(102)78(128)94-39-71(120)121)95-65(114)33-88-72(122)55-13-5-21-98(55)81(131)60-27-46(109)40-103(60)68(117)36-91-75(125)58-16-8-24-101(58)84(134)63-30-49(112)43-106(63)69(118)37-92-76(126)56-14-7-23-100(56)83(133)62-29-48(111)42-105(62)67(116)35-90-74(124)54-12-4-20-97(54)80(130)52-26-45(108)32-87-52/h45-64,87,108-113H,1-44,86H2,(H,88,122)(H,89,123)(H,90,124)(H,91,125)(H,92,126)(H,93,127)(H,94,128)(H,95,114)(H,120,121)/t45-,46-,47-,48-,49-,50-,51+,52+,53+,54+,55+,56+,57+,58+,59+,60+,61+,62+,63+,64+/m1/s1. The predicted molar refractivity (Wildman–Crippen MR) is 460 cm³/mol. The maximum Gasteiger partial charge on any atom is 0.322 e. The Balaban J connectivity index is 0.538.